The van der Waals surface area contributed by atoms with E-state index in [0.29, 0.717) is 24.0 Å². The molecule has 0 saturated heterocycles. The van der Waals surface area contributed by atoms with Gasteiger partial charge in [-0.15, -0.1) is 0 Å². The molecule has 1 unspecified atom stereocenters. The molecule has 2 heteroatoms. The van der Waals surface area contributed by atoms with Crippen LogP contribution in [0.5, 0.6) is 0 Å². The van der Waals surface area contributed by atoms with E-state index in [1.807, 2.05) is 0 Å². The van der Waals surface area contributed by atoms with Gasteiger partial charge in [0, 0.05) is 18.1 Å². The summed E-state index contributed by atoms with van der Waals surface area (Å²) in [6.07, 6.45) is 8.60. The van der Waals surface area contributed by atoms with Crippen LogP contribution in [0.2, 0.25) is 0 Å². The fourth-order valence-electron chi connectivity index (χ4n) is 3.78. The maximum atomic E-state index is 6.01. The summed E-state index contributed by atoms with van der Waals surface area (Å²) in [6, 6.07) is 12.6. The van der Waals surface area contributed by atoms with Crippen molar-refractivity contribution in [3.05, 3.63) is 41.5 Å². The average molecular weight is 298 g/mol. The monoisotopic (exact) mass is 298 g/mol. The van der Waals surface area contributed by atoms with Crippen LogP contribution in [0.25, 0.3) is 6.08 Å². The highest BCUT2D eigenvalue weighted by Gasteiger charge is 2.41. The maximum Gasteiger partial charge on any atom is 0.0142 e. The average Bonchev–Trinajstić information content (AvgIpc) is 3.27. The van der Waals surface area contributed by atoms with E-state index >= 15 is 0 Å². The molecule has 0 amide bonds. The van der Waals surface area contributed by atoms with Crippen molar-refractivity contribution >= 4 is 6.08 Å². The fourth-order valence-corrected chi connectivity index (χ4v) is 3.78. The van der Waals surface area contributed by atoms with Gasteiger partial charge in [-0.1, -0.05) is 55.8 Å². The first-order chi connectivity index (χ1) is 10.6. The second-order valence-electron chi connectivity index (χ2n) is 7.44. The highest BCUT2D eigenvalue weighted by molar-refractivity contribution is 5.55. The third-order valence-corrected chi connectivity index (χ3v) is 5.24. The van der Waals surface area contributed by atoms with Gasteiger partial charge < -0.3 is 11.1 Å². The molecule has 22 heavy (non-hydrogen) atoms. The Morgan fingerprint density at radius 3 is 2.45 bits per heavy atom. The number of benzene rings is 1. The van der Waals surface area contributed by atoms with Crippen LogP contribution >= 0.6 is 0 Å². The van der Waals surface area contributed by atoms with E-state index in [4.69, 9.17) is 5.73 Å². The first-order valence-electron chi connectivity index (χ1n) is 8.91. The Morgan fingerprint density at radius 1 is 1.14 bits per heavy atom. The highest BCUT2D eigenvalue weighted by atomic mass is 15.0. The lowest BCUT2D eigenvalue weighted by Gasteiger charge is -2.27. The van der Waals surface area contributed by atoms with Gasteiger partial charge in [0.25, 0.3) is 0 Å². The maximum absolute atomic E-state index is 6.01. The van der Waals surface area contributed by atoms with Crippen LogP contribution in [0.3, 0.4) is 0 Å². The van der Waals surface area contributed by atoms with Crippen molar-refractivity contribution in [2.75, 3.05) is 0 Å². The molecule has 0 aromatic heterocycles. The van der Waals surface area contributed by atoms with Crippen molar-refractivity contribution in [1.29, 1.82) is 0 Å². The van der Waals surface area contributed by atoms with Crippen LogP contribution in [0.4, 0.5) is 0 Å². The Kier molecular flexibility index (Phi) is 5.00. The second kappa shape index (κ2) is 6.97. The van der Waals surface area contributed by atoms with Gasteiger partial charge in [0.2, 0.25) is 0 Å². The molecule has 2 nitrogen and oxygen atoms in total. The third-order valence-electron chi connectivity index (χ3n) is 5.24. The van der Waals surface area contributed by atoms with Crippen LogP contribution < -0.4 is 11.1 Å². The molecule has 2 aliphatic rings. The van der Waals surface area contributed by atoms with Gasteiger partial charge in [0.1, 0.15) is 0 Å². The molecule has 3 rings (SSSR count). The lowest BCUT2D eigenvalue weighted by atomic mass is 9.91. The number of nitrogens with two attached hydrogens (primary N) is 1. The molecule has 1 aromatic rings. The Balaban J connectivity index is 1.59. The van der Waals surface area contributed by atoms with E-state index in [9.17, 15) is 0 Å². The smallest absolute Gasteiger partial charge is 0.0142 e. The summed E-state index contributed by atoms with van der Waals surface area (Å²) in [5, 5.41) is 3.89. The normalized spacial score (nSPS) is 32.3. The molecule has 0 spiro atoms. The summed E-state index contributed by atoms with van der Waals surface area (Å²) in [5.74, 6) is 1.35. The molecule has 0 aliphatic heterocycles. The number of hydrogen-bond acceptors (Lipinski definition) is 2. The fraction of sp³-hybridized carbons (Fsp3) is 0.600. The van der Waals surface area contributed by atoms with Crippen molar-refractivity contribution in [2.45, 2.75) is 64.1 Å². The van der Waals surface area contributed by atoms with Crippen molar-refractivity contribution in [2.24, 2.45) is 17.6 Å². The predicted octanol–water partition coefficient (Wildman–Crippen LogP) is 3.97. The van der Waals surface area contributed by atoms with Crippen LogP contribution in [0.15, 0.2) is 35.9 Å². The SMILES string of the molecule is CC(C)C(=Cc1ccccc1)C1C[C@@H]1NC1CCC(N)CC1. The van der Waals surface area contributed by atoms with Gasteiger partial charge in [-0.25, -0.2) is 0 Å². The molecular weight excluding hydrogens is 268 g/mol. The molecule has 2 saturated carbocycles. The topological polar surface area (TPSA) is 38.0 Å². The Labute approximate surface area is 135 Å². The molecule has 2 aliphatic carbocycles. The summed E-state index contributed by atoms with van der Waals surface area (Å²) >= 11 is 0. The van der Waals surface area contributed by atoms with Crippen molar-refractivity contribution in [3.8, 4) is 0 Å². The van der Waals surface area contributed by atoms with E-state index in [1.165, 1.54) is 37.7 Å². The highest BCUT2D eigenvalue weighted by Crippen LogP contribution is 2.42. The Morgan fingerprint density at radius 2 is 1.82 bits per heavy atom. The predicted molar refractivity (Wildman–Crippen MR) is 94.5 cm³/mol. The van der Waals surface area contributed by atoms with E-state index < -0.39 is 0 Å². The zero-order chi connectivity index (χ0) is 15.5. The summed E-state index contributed by atoms with van der Waals surface area (Å²) < 4.78 is 0. The van der Waals surface area contributed by atoms with Gasteiger partial charge in [-0.3, -0.25) is 0 Å². The molecule has 1 aromatic carbocycles. The standard InChI is InChI=1S/C20H30N2/c1-14(2)18(12-15-6-4-3-5-7-15)19-13-20(19)22-17-10-8-16(21)9-11-17/h3-7,12,14,16-17,19-20,22H,8-11,13,21H2,1-2H3/t16?,17?,19?,20-/m0/s1. The minimum absolute atomic E-state index is 0.442. The van der Waals surface area contributed by atoms with E-state index in [-0.39, 0.29) is 0 Å². The largest absolute Gasteiger partial charge is 0.328 e. The van der Waals surface area contributed by atoms with Gasteiger partial charge in [-0.2, -0.15) is 0 Å². The number of nitrogens with one attached hydrogen (secondary N) is 1. The molecule has 0 heterocycles. The summed E-state index contributed by atoms with van der Waals surface area (Å²) in [6.45, 7) is 4.65. The van der Waals surface area contributed by atoms with Gasteiger partial charge >= 0.3 is 0 Å². The van der Waals surface area contributed by atoms with Crippen molar-refractivity contribution in [1.82, 2.24) is 5.32 Å². The summed E-state index contributed by atoms with van der Waals surface area (Å²) in [4.78, 5) is 0. The second-order valence-corrected chi connectivity index (χ2v) is 7.44. The lowest BCUT2D eigenvalue weighted by Crippen LogP contribution is -2.39. The summed E-state index contributed by atoms with van der Waals surface area (Å²) in [5.41, 5.74) is 8.95. The summed E-state index contributed by atoms with van der Waals surface area (Å²) in [7, 11) is 0. The third kappa shape index (κ3) is 3.99. The minimum atomic E-state index is 0.442. The molecular formula is C20H30N2. The number of rotatable bonds is 5. The van der Waals surface area contributed by atoms with Crippen molar-refractivity contribution in [3.63, 3.8) is 0 Å². The molecule has 0 radical (unpaired) electrons. The number of hydrogen-bond donors (Lipinski definition) is 2. The molecule has 3 N–H and O–H groups in total. The van der Waals surface area contributed by atoms with Crippen LogP contribution in [-0.2, 0) is 0 Å². The van der Waals surface area contributed by atoms with Gasteiger partial charge in [-0.05, 0) is 49.5 Å². The minimum Gasteiger partial charge on any atom is -0.328 e. The van der Waals surface area contributed by atoms with Crippen LogP contribution in [0.1, 0.15) is 51.5 Å². The van der Waals surface area contributed by atoms with E-state index in [2.05, 4.69) is 55.6 Å². The molecule has 0 bridgehead atoms. The Bertz CT molecular complexity index is 498. The van der Waals surface area contributed by atoms with E-state index in [1.54, 1.807) is 5.57 Å². The lowest BCUT2D eigenvalue weighted by molar-refractivity contribution is 0.338. The molecule has 2 fully saturated rings. The van der Waals surface area contributed by atoms with Crippen LogP contribution in [0, 0.1) is 11.8 Å². The molecule has 2 atom stereocenters. The zero-order valence-corrected chi connectivity index (χ0v) is 14.0. The van der Waals surface area contributed by atoms with Crippen molar-refractivity contribution < 1.29 is 0 Å². The first-order valence-corrected chi connectivity index (χ1v) is 8.91. The van der Waals surface area contributed by atoms with Gasteiger partial charge in [0.15, 0.2) is 0 Å². The zero-order valence-electron chi connectivity index (χ0n) is 14.0. The molecule has 120 valence electrons. The first kappa shape index (κ1) is 15.8. The van der Waals surface area contributed by atoms with Crippen LogP contribution in [-0.4, -0.2) is 18.1 Å². The van der Waals surface area contributed by atoms with Gasteiger partial charge in [0.05, 0.1) is 0 Å². The quantitative estimate of drug-likeness (QED) is 0.863. The Hall–Kier alpha value is -1.12. The van der Waals surface area contributed by atoms with E-state index in [0.717, 1.165) is 5.92 Å².